The molecule has 224 valence electrons. The van der Waals surface area contributed by atoms with Gasteiger partial charge in [0.25, 0.3) is 0 Å². The highest BCUT2D eigenvalue weighted by atomic mass is 16.5. The predicted molar refractivity (Wildman–Crippen MR) is 169 cm³/mol. The molecule has 1 unspecified atom stereocenters. The molecule has 2 aliphatic rings. The number of hydrogen-bond acceptors (Lipinski definition) is 6. The van der Waals surface area contributed by atoms with Crippen molar-refractivity contribution in [1.29, 1.82) is 0 Å². The van der Waals surface area contributed by atoms with E-state index in [1.165, 1.54) is 24.3 Å². The normalized spacial score (nSPS) is 18.2. The summed E-state index contributed by atoms with van der Waals surface area (Å²) in [6.45, 7) is 1.58. The Morgan fingerprint density at radius 2 is 1.50 bits per heavy atom. The lowest BCUT2D eigenvalue weighted by Crippen LogP contribution is -2.40. The quantitative estimate of drug-likeness (QED) is 0.192. The van der Waals surface area contributed by atoms with Gasteiger partial charge in [0.15, 0.2) is 0 Å². The Balaban J connectivity index is 1.04. The third kappa shape index (κ3) is 5.56. The number of ether oxygens (including phenoxy) is 1. The van der Waals surface area contributed by atoms with Crippen molar-refractivity contribution in [2.75, 3.05) is 26.7 Å². The largest absolute Gasteiger partial charge is 0.453 e. The fourth-order valence-corrected chi connectivity index (χ4v) is 6.34. The highest BCUT2D eigenvalue weighted by Crippen LogP contribution is 2.33. The Bertz CT molecular complexity index is 1800. The van der Waals surface area contributed by atoms with Crippen molar-refractivity contribution in [3.05, 3.63) is 84.7 Å². The number of alkyl carbamates (subject to hydrolysis) is 1. The summed E-state index contributed by atoms with van der Waals surface area (Å²) in [4.78, 5) is 42.0. The number of fused-ring (bicyclic) bond motifs is 1. The van der Waals surface area contributed by atoms with E-state index in [2.05, 4.69) is 96.0 Å². The monoisotopic (exact) mass is 589 g/mol. The number of imidazole rings is 2. The Labute approximate surface area is 255 Å². The molecule has 4 N–H and O–H groups in total. The lowest BCUT2D eigenvalue weighted by Gasteiger charge is -2.23. The van der Waals surface area contributed by atoms with Crippen molar-refractivity contribution in [2.24, 2.45) is 0 Å². The molecule has 0 bridgehead atoms. The molecule has 7 rings (SSSR count). The lowest BCUT2D eigenvalue weighted by atomic mass is 9.98. The molecule has 2 aliphatic heterocycles. The maximum Gasteiger partial charge on any atom is 0.407 e. The zero-order valence-electron chi connectivity index (χ0n) is 24.6. The lowest BCUT2D eigenvalue weighted by molar-refractivity contribution is -0.131. The van der Waals surface area contributed by atoms with E-state index in [1.807, 2.05) is 12.4 Å². The van der Waals surface area contributed by atoms with Crippen LogP contribution in [0.4, 0.5) is 4.79 Å². The minimum Gasteiger partial charge on any atom is -0.453 e. The predicted octanol–water partition coefficient (Wildman–Crippen LogP) is 5.73. The number of carbonyl (C=O) groups excluding carboxylic acids is 2. The summed E-state index contributed by atoms with van der Waals surface area (Å²) < 4.78 is 4.57. The van der Waals surface area contributed by atoms with E-state index in [0.29, 0.717) is 12.6 Å². The Hall–Kier alpha value is -4.96. The molecule has 0 saturated carbocycles. The maximum absolute atomic E-state index is 12.7. The number of carbonyl (C=O) groups is 2. The summed E-state index contributed by atoms with van der Waals surface area (Å²) in [5.41, 5.74) is 6.38. The molecule has 2 amide bonds. The average Bonchev–Trinajstić information content (AvgIpc) is 3.89. The molecule has 2 aromatic heterocycles. The number of hydrogen-bond donors (Lipinski definition) is 4. The van der Waals surface area contributed by atoms with Crippen molar-refractivity contribution in [3.8, 4) is 33.6 Å². The molecule has 0 aliphatic carbocycles. The van der Waals surface area contributed by atoms with Crippen LogP contribution >= 0.6 is 0 Å². The standard InChI is InChI=1S/C34H35N7O3/c1-44-34(43)38-20-31(42)41-15-3-5-30(41)33-37-18-28(40-33)22-8-6-21(7-9-22)23-10-11-25-17-26(13-12-24(25)16-23)29-19-36-32(39-29)27-4-2-14-35-27/h6-13,16-19,27,30,35H,2-5,14-15,20H2,1H3,(H,36,39)(H,37,40)(H,38,43)/t27?,30-/m0/s1. The fourth-order valence-electron chi connectivity index (χ4n) is 6.34. The first-order chi connectivity index (χ1) is 21.6. The number of nitrogens with one attached hydrogen (secondary N) is 4. The number of aromatic nitrogens is 4. The third-order valence-corrected chi connectivity index (χ3v) is 8.72. The second-order valence-electron chi connectivity index (χ2n) is 11.5. The van der Waals surface area contributed by atoms with E-state index in [9.17, 15) is 9.59 Å². The molecule has 0 spiro atoms. The van der Waals surface area contributed by atoms with Crippen molar-refractivity contribution >= 4 is 22.8 Å². The van der Waals surface area contributed by atoms with E-state index in [-0.39, 0.29) is 18.5 Å². The number of nitrogens with zero attached hydrogens (tertiary/aromatic N) is 3. The molecule has 4 heterocycles. The molecule has 44 heavy (non-hydrogen) atoms. The van der Waals surface area contributed by atoms with Gasteiger partial charge in [0.2, 0.25) is 5.91 Å². The second-order valence-corrected chi connectivity index (χ2v) is 11.5. The maximum atomic E-state index is 12.7. The molecule has 2 saturated heterocycles. The van der Waals surface area contributed by atoms with Gasteiger partial charge >= 0.3 is 6.09 Å². The van der Waals surface area contributed by atoms with Gasteiger partial charge in [-0.25, -0.2) is 14.8 Å². The van der Waals surface area contributed by atoms with Gasteiger partial charge in [-0.3, -0.25) is 4.79 Å². The van der Waals surface area contributed by atoms with Crippen LogP contribution < -0.4 is 10.6 Å². The van der Waals surface area contributed by atoms with Crippen LogP contribution in [-0.2, 0) is 9.53 Å². The number of likely N-dealkylation sites (tertiary alicyclic amines) is 1. The summed E-state index contributed by atoms with van der Waals surface area (Å²) in [5.74, 6) is 1.62. The topological polar surface area (TPSA) is 128 Å². The smallest absolute Gasteiger partial charge is 0.407 e. The van der Waals surface area contributed by atoms with Crippen molar-refractivity contribution in [2.45, 2.75) is 37.8 Å². The van der Waals surface area contributed by atoms with Crippen molar-refractivity contribution < 1.29 is 14.3 Å². The first-order valence-corrected chi connectivity index (χ1v) is 15.2. The number of H-pyrrole nitrogens is 2. The van der Waals surface area contributed by atoms with Gasteiger partial charge in [0.05, 0.1) is 43.0 Å². The minimum atomic E-state index is -0.619. The zero-order valence-corrected chi connectivity index (χ0v) is 24.6. The second kappa shape index (κ2) is 12.0. The molecular formula is C34H35N7O3. The van der Waals surface area contributed by atoms with Crippen molar-refractivity contribution in [3.63, 3.8) is 0 Å². The summed E-state index contributed by atoms with van der Waals surface area (Å²) >= 11 is 0. The average molecular weight is 590 g/mol. The molecule has 2 fully saturated rings. The molecule has 0 radical (unpaired) electrons. The summed E-state index contributed by atoms with van der Waals surface area (Å²) in [6, 6.07) is 21.7. The number of aromatic amines is 2. The van der Waals surface area contributed by atoms with Crippen LogP contribution in [0.2, 0.25) is 0 Å². The van der Waals surface area contributed by atoms with Crippen LogP contribution in [0.3, 0.4) is 0 Å². The van der Waals surface area contributed by atoms with Crippen LogP contribution in [0.25, 0.3) is 44.4 Å². The SMILES string of the molecule is COC(=O)NCC(=O)N1CCC[C@H]1c1ncc(-c2ccc(-c3ccc4cc(-c5cnc(C6CCCN6)[nH]5)ccc4c3)cc2)[nH]1. The zero-order chi connectivity index (χ0) is 30.0. The van der Waals surface area contributed by atoms with E-state index in [4.69, 9.17) is 0 Å². The molecule has 2 atom stereocenters. The van der Waals surface area contributed by atoms with Crippen LogP contribution in [0, 0.1) is 0 Å². The van der Waals surface area contributed by atoms with Gasteiger partial charge in [0, 0.05) is 12.1 Å². The molecular weight excluding hydrogens is 554 g/mol. The highest BCUT2D eigenvalue weighted by Gasteiger charge is 2.32. The van der Waals surface area contributed by atoms with Crippen LogP contribution in [-0.4, -0.2) is 63.6 Å². The minimum absolute atomic E-state index is 0.0997. The van der Waals surface area contributed by atoms with Crippen LogP contribution in [0.5, 0.6) is 0 Å². The summed E-state index contributed by atoms with van der Waals surface area (Å²) in [5, 5.41) is 8.34. The third-order valence-electron chi connectivity index (χ3n) is 8.72. The Morgan fingerprint density at radius 1 is 0.841 bits per heavy atom. The Kier molecular flexibility index (Phi) is 7.57. The molecule has 10 nitrogen and oxygen atoms in total. The fraction of sp³-hybridized carbons (Fsp3) is 0.294. The van der Waals surface area contributed by atoms with Gasteiger partial charge in [0.1, 0.15) is 18.2 Å². The van der Waals surface area contributed by atoms with E-state index < -0.39 is 6.09 Å². The first kappa shape index (κ1) is 27.8. The van der Waals surface area contributed by atoms with Crippen LogP contribution in [0.1, 0.15) is 49.4 Å². The molecule has 3 aromatic carbocycles. The van der Waals surface area contributed by atoms with Gasteiger partial charge in [-0.2, -0.15) is 0 Å². The summed E-state index contributed by atoms with van der Waals surface area (Å²) in [7, 11) is 1.28. The van der Waals surface area contributed by atoms with Crippen molar-refractivity contribution in [1.82, 2.24) is 35.5 Å². The van der Waals surface area contributed by atoms with Gasteiger partial charge in [-0.15, -0.1) is 0 Å². The summed E-state index contributed by atoms with van der Waals surface area (Å²) in [6.07, 6.45) is 7.15. The van der Waals surface area contributed by atoms with Crippen LogP contribution in [0.15, 0.2) is 73.1 Å². The number of amides is 2. The van der Waals surface area contributed by atoms with Gasteiger partial charge in [-0.05, 0) is 71.8 Å². The van der Waals surface area contributed by atoms with Gasteiger partial charge in [-0.1, -0.05) is 48.5 Å². The number of methoxy groups -OCH3 is 1. The van der Waals surface area contributed by atoms with E-state index in [1.54, 1.807) is 4.90 Å². The van der Waals surface area contributed by atoms with E-state index >= 15 is 0 Å². The van der Waals surface area contributed by atoms with Gasteiger partial charge < -0.3 is 30.2 Å². The molecule has 10 heteroatoms. The molecule has 5 aromatic rings. The van der Waals surface area contributed by atoms with E-state index in [0.717, 1.165) is 71.1 Å². The highest BCUT2D eigenvalue weighted by molar-refractivity contribution is 5.90. The first-order valence-electron chi connectivity index (χ1n) is 15.2. The Morgan fingerprint density at radius 3 is 2.25 bits per heavy atom. The number of benzene rings is 3. The number of rotatable bonds is 7.